The third-order valence-corrected chi connectivity index (χ3v) is 3.39. The molecule has 0 bridgehead atoms. The van der Waals surface area contributed by atoms with Crippen molar-refractivity contribution < 1.29 is 0 Å². The summed E-state index contributed by atoms with van der Waals surface area (Å²) in [5.74, 6) is 1.06. The summed E-state index contributed by atoms with van der Waals surface area (Å²) >= 11 is 1.78. The summed E-state index contributed by atoms with van der Waals surface area (Å²) in [7, 11) is 4.16. The minimum Gasteiger partial charge on any atom is -0.399 e. The van der Waals surface area contributed by atoms with Gasteiger partial charge in [-0.2, -0.15) is 0 Å². The average Bonchev–Trinajstić information content (AvgIpc) is 2.29. The van der Waals surface area contributed by atoms with Crippen LogP contribution in [0.15, 0.2) is 35.4 Å². The first kappa shape index (κ1) is 12.2. The van der Waals surface area contributed by atoms with Crippen LogP contribution in [0.5, 0.6) is 0 Å². The van der Waals surface area contributed by atoms with E-state index in [-0.39, 0.29) is 0 Å². The van der Waals surface area contributed by atoms with E-state index in [4.69, 9.17) is 5.73 Å². The highest BCUT2D eigenvalue weighted by Crippen LogP contribution is 2.21. The number of rotatable bonds is 4. The molecule has 0 aliphatic carbocycles. The molecule has 2 aromatic rings. The third-order valence-electron chi connectivity index (χ3n) is 2.48. The fraction of sp³-hybridized carbons (Fsp3) is 0.308. The van der Waals surface area contributed by atoms with Crippen molar-refractivity contribution >= 4 is 28.4 Å². The quantitative estimate of drug-likeness (QED) is 0.666. The van der Waals surface area contributed by atoms with Crippen molar-refractivity contribution in [3.63, 3.8) is 0 Å². The molecule has 0 aliphatic heterocycles. The molecule has 0 aliphatic rings. The van der Waals surface area contributed by atoms with Gasteiger partial charge in [-0.1, -0.05) is 6.07 Å². The number of benzene rings is 1. The zero-order valence-electron chi connectivity index (χ0n) is 10.2. The number of fused-ring (bicyclic) bond motifs is 1. The minimum atomic E-state index is 0.785. The molecule has 1 heterocycles. The molecule has 0 amide bonds. The monoisotopic (exact) mass is 247 g/mol. The molecule has 4 heteroatoms. The van der Waals surface area contributed by atoms with Gasteiger partial charge in [0.2, 0.25) is 0 Å². The molecule has 2 rings (SSSR count). The second-order valence-corrected chi connectivity index (χ2v) is 5.37. The maximum absolute atomic E-state index is 5.74. The van der Waals surface area contributed by atoms with Gasteiger partial charge in [-0.25, -0.2) is 4.98 Å². The van der Waals surface area contributed by atoms with Crippen molar-refractivity contribution in [2.75, 3.05) is 32.1 Å². The van der Waals surface area contributed by atoms with Gasteiger partial charge in [0.15, 0.2) is 0 Å². The number of hydrogen-bond donors (Lipinski definition) is 1. The molecule has 0 atom stereocenters. The van der Waals surface area contributed by atoms with E-state index in [1.54, 1.807) is 11.8 Å². The van der Waals surface area contributed by atoms with E-state index >= 15 is 0 Å². The second kappa shape index (κ2) is 5.38. The highest BCUT2D eigenvalue weighted by atomic mass is 32.2. The van der Waals surface area contributed by atoms with Crippen molar-refractivity contribution in [2.24, 2.45) is 0 Å². The third kappa shape index (κ3) is 3.35. The van der Waals surface area contributed by atoms with Crippen molar-refractivity contribution in [3.8, 4) is 0 Å². The average molecular weight is 247 g/mol. The molecule has 0 unspecified atom stereocenters. The van der Waals surface area contributed by atoms with Gasteiger partial charge >= 0.3 is 0 Å². The van der Waals surface area contributed by atoms with Crippen molar-refractivity contribution in [1.29, 1.82) is 0 Å². The molecular weight excluding hydrogens is 230 g/mol. The second-order valence-electron chi connectivity index (χ2n) is 4.25. The Labute approximate surface area is 106 Å². The Balaban J connectivity index is 2.12. The van der Waals surface area contributed by atoms with Gasteiger partial charge in [-0.15, -0.1) is 11.8 Å². The summed E-state index contributed by atoms with van der Waals surface area (Å²) in [5, 5.41) is 2.17. The maximum Gasteiger partial charge on any atom is 0.0968 e. The first-order chi connectivity index (χ1) is 8.15. The van der Waals surface area contributed by atoms with E-state index in [1.807, 2.05) is 18.2 Å². The zero-order chi connectivity index (χ0) is 12.3. The Morgan fingerprint density at radius 2 is 2.06 bits per heavy atom. The first-order valence-corrected chi connectivity index (χ1v) is 6.57. The lowest BCUT2D eigenvalue weighted by Crippen LogP contribution is -2.14. The van der Waals surface area contributed by atoms with Gasteiger partial charge in [0, 0.05) is 23.4 Å². The van der Waals surface area contributed by atoms with Crippen LogP contribution in [0.1, 0.15) is 0 Å². The summed E-state index contributed by atoms with van der Waals surface area (Å²) in [4.78, 5) is 6.78. The molecule has 0 fully saturated rings. The number of thioether (sulfide) groups is 1. The standard InChI is InChI=1S/C13H17N3S/c1-16(2)7-8-17-13-6-3-10-9-11(14)4-5-12(10)15-13/h3-6,9H,7-8,14H2,1-2H3. The van der Waals surface area contributed by atoms with E-state index in [0.717, 1.165) is 33.9 Å². The van der Waals surface area contributed by atoms with E-state index in [2.05, 4.69) is 36.1 Å². The highest BCUT2D eigenvalue weighted by molar-refractivity contribution is 7.99. The van der Waals surface area contributed by atoms with Gasteiger partial charge in [0.1, 0.15) is 0 Å². The minimum absolute atomic E-state index is 0.785. The number of nitrogen functional groups attached to an aromatic ring is 1. The normalized spacial score (nSPS) is 11.2. The van der Waals surface area contributed by atoms with Crippen LogP contribution in [0.2, 0.25) is 0 Å². The highest BCUT2D eigenvalue weighted by Gasteiger charge is 2.00. The molecule has 3 nitrogen and oxygen atoms in total. The predicted molar refractivity (Wildman–Crippen MR) is 75.4 cm³/mol. The summed E-state index contributed by atoms with van der Waals surface area (Å²) in [5.41, 5.74) is 7.53. The lowest BCUT2D eigenvalue weighted by Gasteiger charge is -2.08. The SMILES string of the molecule is CN(C)CCSc1ccc2cc(N)ccc2n1. The van der Waals surface area contributed by atoms with Gasteiger partial charge in [-0.05, 0) is 38.4 Å². The molecule has 0 spiro atoms. The Morgan fingerprint density at radius 3 is 2.82 bits per heavy atom. The molecule has 1 aromatic heterocycles. The van der Waals surface area contributed by atoms with E-state index in [0.29, 0.717) is 0 Å². The van der Waals surface area contributed by atoms with Crippen LogP contribution in [0, 0.1) is 0 Å². The number of hydrogen-bond acceptors (Lipinski definition) is 4. The van der Waals surface area contributed by atoms with Gasteiger partial charge < -0.3 is 10.6 Å². The van der Waals surface area contributed by atoms with Crippen molar-refractivity contribution in [1.82, 2.24) is 9.88 Å². The van der Waals surface area contributed by atoms with Crippen molar-refractivity contribution in [2.45, 2.75) is 5.03 Å². The molecular formula is C13H17N3S. The van der Waals surface area contributed by atoms with Crippen LogP contribution in [0.25, 0.3) is 10.9 Å². The fourth-order valence-corrected chi connectivity index (χ4v) is 2.53. The fourth-order valence-electron chi connectivity index (χ4n) is 1.54. The van der Waals surface area contributed by atoms with Crippen LogP contribution in [-0.2, 0) is 0 Å². The largest absolute Gasteiger partial charge is 0.399 e. The van der Waals surface area contributed by atoms with Crippen LogP contribution in [0.3, 0.4) is 0 Å². The maximum atomic E-state index is 5.74. The molecule has 90 valence electrons. The van der Waals surface area contributed by atoms with Crippen molar-refractivity contribution in [3.05, 3.63) is 30.3 Å². The lowest BCUT2D eigenvalue weighted by molar-refractivity contribution is 0.437. The zero-order valence-corrected chi connectivity index (χ0v) is 11.0. The summed E-state index contributed by atoms with van der Waals surface area (Å²) in [6.45, 7) is 1.06. The van der Waals surface area contributed by atoms with E-state index in [1.165, 1.54) is 0 Å². The van der Waals surface area contributed by atoms with Gasteiger partial charge in [-0.3, -0.25) is 0 Å². The van der Waals surface area contributed by atoms with E-state index in [9.17, 15) is 0 Å². The predicted octanol–water partition coefficient (Wildman–Crippen LogP) is 2.47. The van der Waals surface area contributed by atoms with Crippen LogP contribution in [0.4, 0.5) is 5.69 Å². The molecule has 2 N–H and O–H groups in total. The molecule has 0 saturated heterocycles. The Bertz CT molecular complexity index is 511. The van der Waals surface area contributed by atoms with Gasteiger partial charge in [0.05, 0.1) is 10.5 Å². The number of aromatic nitrogens is 1. The van der Waals surface area contributed by atoms with Crippen LogP contribution in [-0.4, -0.2) is 36.3 Å². The molecule has 0 saturated carbocycles. The molecule has 1 aromatic carbocycles. The van der Waals surface area contributed by atoms with E-state index < -0.39 is 0 Å². The summed E-state index contributed by atoms with van der Waals surface area (Å²) < 4.78 is 0. The number of pyridine rings is 1. The Hall–Kier alpha value is -1.26. The number of anilines is 1. The van der Waals surface area contributed by atoms with Crippen LogP contribution < -0.4 is 5.73 Å². The summed E-state index contributed by atoms with van der Waals surface area (Å²) in [6, 6.07) is 9.96. The number of nitrogens with zero attached hydrogens (tertiary/aromatic N) is 2. The lowest BCUT2D eigenvalue weighted by atomic mass is 10.2. The number of nitrogens with two attached hydrogens (primary N) is 1. The molecule has 0 radical (unpaired) electrons. The molecule has 17 heavy (non-hydrogen) atoms. The topological polar surface area (TPSA) is 42.1 Å². The van der Waals surface area contributed by atoms with Gasteiger partial charge in [0.25, 0.3) is 0 Å². The smallest absolute Gasteiger partial charge is 0.0968 e. The van der Waals surface area contributed by atoms with Crippen LogP contribution >= 0.6 is 11.8 Å². The summed E-state index contributed by atoms with van der Waals surface area (Å²) in [6.07, 6.45) is 0. The first-order valence-electron chi connectivity index (χ1n) is 5.59. The Kier molecular flexibility index (Phi) is 3.86. The Morgan fingerprint density at radius 1 is 1.24 bits per heavy atom.